The molecule has 1 unspecified atom stereocenters. The molecule has 1 fully saturated rings. The number of urea groups is 1. The summed E-state index contributed by atoms with van der Waals surface area (Å²) in [6.45, 7) is 1.66. The first-order chi connectivity index (χ1) is 13.5. The third kappa shape index (κ3) is 3.22. The highest BCUT2D eigenvalue weighted by atomic mass is 16.3. The second-order valence-electron chi connectivity index (χ2n) is 6.98. The first-order valence-electron chi connectivity index (χ1n) is 8.96. The van der Waals surface area contributed by atoms with Gasteiger partial charge in [0, 0.05) is 5.39 Å². The van der Waals surface area contributed by atoms with Gasteiger partial charge in [-0.05, 0) is 37.5 Å². The lowest BCUT2D eigenvalue weighted by atomic mass is 9.93. The van der Waals surface area contributed by atoms with E-state index in [1.54, 1.807) is 25.1 Å². The number of hydrazine groups is 1. The van der Waals surface area contributed by atoms with E-state index < -0.39 is 23.4 Å². The largest absolute Gasteiger partial charge is 0.451 e. The molecule has 1 saturated heterocycles. The topological polar surface area (TPSA) is 91.7 Å². The number of rotatable bonds is 5. The molecule has 0 bridgehead atoms. The normalized spacial score (nSPS) is 19.1. The van der Waals surface area contributed by atoms with Crippen LogP contribution in [-0.2, 0) is 11.2 Å². The first kappa shape index (κ1) is 17.8. The van der Waals surface area contributed by atoms with Crippen LogP contribution in [0.25, 0.3) is 11.0 Å². The molecule has 2 aromatic carbocycles. The third-order valence-electron chi connectivity index (χ3n) is 4.88. The number of hydrogen-bond donors (Lipinski definition) is 2. The van der Waals surface area contributed by atoms with Crippen molar-refractivity contribution >= 4 is 28.8 Å². The van der Waals surface area contributed by atoms with Crippen LogP contribution in [0.3, 0.4) is 0 Å². The van der Waals surface area contributed by atoms with Crippen LogP contribution in [0.5, 0.6) is 0 Å². The van der Waals surface area contributed by atoms with Gasteiger partial charge in [-0.25, -0.2) is 10.2 Å². The number of para-hydroxylation sites is 1. The van der Waals surface area contributed by atoms with Crippen LogP contribution in [-0.4, -0.2) is 28.4 Å². The molecule has 4 amide bonds. The number of benzene rings is 2. The molecular weight excluding hydrogens is 358 g/mol. The molecule has 2 heterocycles. The number of furan rings is 1. The molecule has 0 radical (unpaired) electrons. The van der Waals surface area contributed by atoms with Gasteiger partial charge in [-0.15, -0.1) is 0 Å². The maximum atomic E-state index is 12.8. The molecule has 7 heteroatoms. The number of hydrogen-bond acceptors (Lipinski definition) is 4. The number of carbonyl (C=O) groups excluding carboxylic acids is 3. The number of nitrogens with zero attached hydrogens (tertiary/aromatic N) is 1. The fraction of sp³-hybridized carbons (Fsp3) is 0.190. The van der Waals surface area contributed by atoms with E-state index in [1.165, 1.54) is 0 Å². The lowest BCUT2D eigenvalue weighted by molar-refractivity contribution is -0.132. The zero-order valence-corrected chi connectivity index (χ0v) is 15.3. The average molecular weight is 377 g/mol. The van der Waals surface area contributed by atoms with Gasteiger partial charge in [0.05, 0.1) is 0 Å². The monoisotopic (exact) mass is 377 g/mol. The summed E-state index contributed by atoms with van der Waals surface area (Å²) < 4.78 is 5.49. The lowest BCUT2D eigenvalue weighted by Crippen LogP contribution is -2.48. The summed E-state index contributed by atoms with van der Waals surface area (Å²) in [5, 5.41) is 4.16. The molecule has 1 aromatic heterocycles. The molecule has 7 nitrogen and oxygen atoms in total. The zero-order valence-electron chi connectivity index (χ0n) is 15.3. The second-order valence-corrected chi connectivity index (χ2v) is 6.98. The molecule has 2 N–H and O–H groups in total. The van der Waals surface area contributed by atoms with Crippen molar-refractivity contribution in [2.24, 2.45) is 0 Å². The SMILES string of the molecule is CC1(CCc2ccccc2)NC(=O)N(NC(=O)c2cc3ccccc3o2)C1=O. The van der Waals surface area contributed by atoms with Crippen LogP contribution >= 0.6 is 0 Å². The zero-order chi connectivity index (χ0) is 19.7. The Kier molecular flexibility index (Phi) is 4.35. The van der Waals surface area contributed by atoms with Crippen LogP contribution in [0.4, 0.5) is 4.79 Å². The minimum Gasteiger partial charge on any atom is -0.451 e. The van der Waals surface area contributed by atoms with Gasteiger partial charge in [0.2, 0.25) is 0 Å². The first-order valence-corrected chi connectivity index (χ1v) is 8.96. The van der Waals surface area contributed by atoms with E-state index in [9.17, 15) is 14.4 Å². The Balaban J connectivity index is 1.46. The quantitative estimate of drug-likeness (QED) is 0.669. The van der Waals surface area contributed by atoms with Gasteiger partial charge in [-0.2, -0.15) is 5.01 Å². The molecular formula is C21H19N3O4. The molecule has 0 aliphatic carbocycles. The molecule has 1 atom stereocenters. The third-order valence-corrected chi connectivity index (χ3v) is 4.88. The Morgan fingerprint density at radius 2 is 1.82 bits per heavy atom. The Morgan fingerprint density at radius 3 is 2.57 bits per heavy atom. The van der Waals surface area contributed by atoms with E-state index in [0.717, 1.165) is 16.0 Å². The van der Waals surface area contributed by atoms with E-state index in [-0.39, 0.29) is 5.76 Å². The highest BCUT2D eigenvalue weighted by Crippen LogP contribution is 2.23. The van der Waals surface area contributed by atoms with Crippen LogP contribution in [0.15, 0.2) is 65.1 Å². The van der Waals surface area contributed by atoms with E-state index in [1.807, 2.05) is 42.5 Å². The van der Waals surface area contributed by atoms with Gasteiger partial charge in [0.1, 0.15) is 11.1 Å². The molecule has 0 saturated carbocycles. The summed E-state index contributed by atoms with van der Waals surface area (Å²) >= 11 is 0. The summed E-state index contributed by atoms with van der Waals surface area (Å²) in [6, 6.07) is 17.8. The van der Waals surface area contributed by atoms with Crippen LogP contribution < -0.4 is 10.7 Å². The van der Waals surface area contributed by atoms with Gasteiger partial charge < -0.3 is 9.73 Å². The number of amides is 4. The summed E-state index contributed by atoms with van der Waals surface area (Å²) in [7, 11) is 0. The molecule has 4 rings (SSSR count). The lowest BCUT2D eigenvalue weighted by Gasteiger charge is -2.21. The maximum Gasteiger partial charge on any atom is 0.344 e. The fourth-order valence-corrected chi connectivity index (χ4v) is 3.24. The van der Waals surface area contributed by atoms with Crippen molar-refractivity contribution in [3.8, 4) is 0 Å². The molecule has 28 heavy (non-hydrogen) atoms. The summed E-state index contributed by atoms with van der Waals surface area (Å²) in [5.41, 5.74) is 2.88. The maximum absolute atomic E-state index is 12.8. The van der Waals surface area contributed by atoms with Gasteiger partial charge >= 0.3 is 11.9 Å². The number of imide groups is 1. The number of nitrogens with one attached hydrogen (secondary N) is 2. The molecule has 3 aromatic rings. The van der Waals surface area contributed by atoms with Crippen LogP contribution in [0, 0.1) is 0 Å². The van der Waals surface area contributed by atoms with Crippen LogP contribution in [0.1, 0.15) is 29.5 Å². The van der Waals surface area contributed by atoms with Crippen molar-refractivity contribution in [3.63, 3.8) is 0 Å². The number of fused-ring (bicyclic) bond motifs is 1. The van der Waals surface area contributed by atoms with Crippen molar-refractivity contribution in [1.29, 1.82) is 0 Å². The van der Waals surface area contributed by atoms with E-state index in [2.05, 4.69) is 10.7 Å². The van der Waals surface area contributed by atoms with Crippen molar-refractivity contribution in [1.82, 2.24) is 15.8 Å². The van der Waals surface area contributed by atoms with Gasteiger partial charge in [0.25, 0.3) is 5.91 Å². The van der Waals surface area contributed by atoms with Crippen molar-refractivity contribution in [3.05, 3.63) is 72.0 Å². The second kappa shape index (κ2) is 6.84. The van der Waals surface area contributed by atoms with Gasteiger partial charge in [-0.1, -0.05) is 48.5 Å². The van der Waals surface area contributed by atoms with Crippen LogP contribution in [0.2, 0.25) is 0 Å². The highest BCUT2D eigenvalue weighted by molar-refractivity contribution is 6.09. The molecule has 1 aliphatic heterocycles. The average Bonchev–Trinajstić information content (AvgIpc) is 3.22. The van der Waals surface area contributed by atoms with Gasteiger partial charge in [-0.3, -0.25) is 9.59 Å². The van der Waals surface area contributed by atoms with Crippen molar-refractivity contribution in [2.45, 2.75) is 25.3 Å². The predicted molar refractivity (Wildman–Crippen MR) is 102 cm³/mol. The summed E-state index contributed by atoms with van der Waals surface area (Å²) in [5.74, 6) is -1.13. The molecule has 142 valence electrons. The molecule has 0 spiro atoms. The smallest absolute Gasteiger partial charge is 0.344 e. The van der Waals surface area contributed by atoms with E-state index >= 15 is 0 Å². The highest BCUT2D eigenvalue weighted by Gasteiger charge is 2.48. The Bertz CT molecular complexity index is 1030. The standard InChI is InChI=1S/C21H19N3O4/c1-21(12-11-14-7-3-2-4-8-14)19(26)24(20(27)22-21)23-18(25)17-13-15-9-5-6-10-16(15)28-17/h2-10,13H,11-12H2,1H3,(H,22,27)(H,23,25). The predicted octanol–water partition coefficient (Wildman–Crippen LogP) is 3.02. The molecule has 1 aliphatic rings. The van der Waals surface area contributed by atoms with Gasteiger partial charge in [0.15, 0.2) is 5.76 Å². The van der Waals surface area contributed by atoms with E-state index in [0.29, 0.717) is 18.4 Å². The minimum absolute atomic E-state index is 0.0275. The number of carbonyl (C=O) groups is 3. The Hall–Kier alpha value is -3.61. The minimum atomic E-state index is -1.09. The van der Waals surface area contributed by atoms with E-state index in [4.69, 9.17) is 4.42 Å². The number of aryl methyl sites for hydroxylation is 1. The summed E-state index contributed by atoms with van der Waals surface area (Å²) in [6.07, 6.45) is 1.04. The van der Waals surface area contributed by atoms with Crippen molar-refractivity contribution in [2.75, 3.05) is 0 Å². The summed E-state index contributed by atoms with van der Waals surface area (Å²) in [4.78, 5) is 37.6. The fourth-order valence-electron chi connectivity index (χ4n) is 3.24. The van der Waals surface area contributed by atoms with Crippen molar-refractivity contribution < 1.29 is 18.8 Å². The Morgan fingerprint density at radius 1 is 1.11 bits per heavy atom. The Labute approximate surface area is 161 Å².